The Morgan fingerprint density at radius 1 is 1.07 bits per heavy atom. The minimum absolute atomic E-state index is 0.153. The van der Waals surface area contributed by atoms with Gasteiger partial charge in [-0.2, -0.15) is 9.83 Å². The number of hydrogen-bond acceptors (Lipinski definition) is 12. The molecule has 4 fully saturated rings. The second kappa shape index (κ2) is 20.5. The molecule has 11 atom stereocenters. The zero-order chi connectivity index (χ0) is 48.3. The fraction of sp³-hybridized carbons (Fsp3) is 0.538. The number of carbonyl (C=O) groups is 2. The average Bonchev–Trinajstić information content (AvgIpc) is 3.82. The summed E-state index contributed by atoms with van der Waals surface area (Å²) in [5, 5.41) is 36.3. The van der Waals surface area contributed by atoms with Crippen LogP contribution in [0.3, 0.4) is 0 Å². The van der Waals surface area contributed by atoms with Gasteiger partial charge in [-0.1, -0.05) is 67.8 Å². The van der Waals surface area contributed by atoms with Crippen molar-refractivity contribution in [1.29, 1.82) is 5.26 Å². The van der Waals surface area contributed by atoms with Crippen molar-refractivity contribution >= 4 is 19.4 Å². The van der Waals surface area contributed by atoms with Gasteiger partial charge >= 0.3 is 7.82 Å². The standard InChI is InChI=1S/C52H63FN3O11P/c1-49-23-21-39(57)30-38(49)18-19-40-41-31-47-52(45(59)22-24-54,50(41,2)32-46(60)51(40,49)53)66-48(65-47)37-16-12-26-56(34-37)42-29-36(17-20-44(42)67-68(61,62)63)43(58)33-55-25-9-3-4-10-27-64-28-11-8-15-35-13-6-5-7-14-35/h5-7,12-14,16-17,20-21,23,26,29-30,34,40-41,43,46-48,55,58,60H,3-4,8-11,15,18-19,22,25,27-28,31-33H2,1-2H3,(H-,61,62,63)/t40-,41-,43?,46-,47+,48+,49-,50-,51-,52+/m0/s1. The van der Waals surface area contributed by atoms with E-state index in [1.54, 1.807) is 43.6 Å². The first-order valence-corrected chi connectivity index (χ1v) is 25.5. The van der Waals surface area contributed by atoms with Gasteiger partial charge in [0, 0.05) is 48.6 Å². The zero-order valence-corrected chi connectivity index (χ0v) is 39.7. The first kappa shape index (κ1) is 49.9. The van der Waals surface area contributed by atoms with E-state index in [-0.39, 0.29) is 36.6 Å². The van der Waals surface area contributed by atoms with E-state index in [9.17, 15) is 39.4 Å². The Morgan fingerprint density at radius 3 is 2.60 bits per heavy atom. The topological polar surface area (TPSA) is 212 Å². The molecule has 364 valence electrons. The number of alkyl halides is 1. The first-order chi connectivity index (χ1) is 32.5. The number of halogens is 1. The minimum atomic E-state index is -5.28. The van der Waals surface area contributed by atoms with Crippen LogP contribution in [0.15, 0.2) is 96.9 Å². The third-order valence-electron chi connectivity index (χ3n) is 15.6. The summed E-state index contributed by atoms with van der Waals surface area (Å²) < 4.78 is 55.7. The predicted octanol–water partition coefficient (Wildman–Crippen LogP) is 6.64. The van der Waals surface area contributed by atoms with Gasteiger partial charge in [-0.3, -0.25) is 14.2 Å². The number of aryl methyl sites for hydroxylation is 1. The highest BCUT2D eigenvalue weighted by atomic mass is 31.2. The van der Waals surface area contributed by atoms with Crippen LogP contribution in [0, 0.1) is 34.0 Å². The van der Waals surface area contributed by atoms with Crippen LogP contribution in [0.4, 0.5) is 4.39 Å². The van der Waals surface area contributed by atoms with Crippen LogP contribution in [0.25, 0.3) is 5.69 Å². The Bertz CT molecular complexity index is 2480. The number of nitrogens with zero attached hydrogens (tertiary/aromatic N) is 2. The van der Waals surface area contributed by atoms with Crippen molar-refractivity contribution < 1.29 is 61.8 Å². The molecule has 0 bridgehead atoms. The molecule has 16 heteroatoms. The summed E-state index contributed by atoms with van der Waals surface area (Å²) in [5.41, 5.74) is -3.31. The molecule has 0 amide bonds. The van der Waals surface area contributed by atoms with Crippen LogP contribution in [0.2, 0.25) is 0 Å². The Labute approximate surface area is 397 Å². The number of unbranched alkanes of at least 4 members (excludes halogenated alkanes) is 4. The number of nitriles is 1. The van der Waals surface area contributed by atoms with Crippen molar-refractivity contribution in [2.24, 2.45) is 22.7 Å². The first-order valence-electron chi connectivity index (χ1n) is 24.0. The maximum absolute atomic E-state index is 17.9. The van der Waals surface area contributed by atoms with Crippen LogP contribution in [-0.2, 0) is 34.8 Å². The molecule has 1 aromatic heterocycles. The van der Waals surface area contributed by atoms with Crippen LogP contribution >= 0.6 is 7.82 Å². The lowest BCUT2D eigenvalue weighted by Gasteiger charge is -2.62. The fourth-order valence-electron chi connectivity index (χ4n) is 12.2. The van der Waals surface area contributed by atoms with Gasteiger partial charge in [-0.15, -0.1) is 0 Å². The molecule has 2 aromatic carbocycles. The maximum Gasteiger partial charge on any atom is 0.317 e. The molecule has 1 aliphatic heterocycles. The van der Waals surface area contributed by atoms with E-state index in [0.29, 0.717) is 36.1 Å². The maximum atomic E-state index is 17.9. The third kappa shape index (κ3) is 9.57. The van der Waals surface area contributed by atoms with Crippen molar-refractivity contribution in [3.63, 3.8) is 0 Å². The predicted molar refractivity (Wildman–Crippen MR) is 245 cm³/mol. The van der Waals surface area contributed by atoms with Gasteiger partial charge in [0.25, 0.3) is 5.69 Å². The number of hydrogen-bond donors (Lipinski definition) is 4. The quantitative estimate of drug-likeness (QED) is 0.0502. The molecule has 68 heavy (non-hydrogen) atoms. The summed E-state index contributed by atoms with van der Waals surface area (Å²) >= 11 is 0. The Morgan fingerprint density at radius 2 is 1.84 bits per heavy atom. The molecule has 14 nitrogen and oxygen atoms in total. The number of fused-ring (bicyclic) bond motifs is 7. The second-order valence-electron chi connectivity index (χ2n) is 19.6. The summed E-state index contributed by atoms with van der Waals surface area (Å²) in [4.78, 5) is 48.5. The highest BCUT2D eigenvalue weighted by Crippen LogP contribution is 2.72. The molecule has 2 unspecified atom stereocenters. The number of aromatic nitrogens is 1. The number of nitrogens with one attached hydrogen (secondary N) is 1. The number of phosphoric ester groups is 1. The number of aliphatic hydroxyl groups is 2. The van der Waals surface area contributed by atoms with Crippen LogP contribution in [0.5, 0.6) is 5.75 Å². The number of aliphatic hydroxyl groups excluding tert-OH is 2. The highest BCUT2D eigenvalue weighted by molar-refractivity contribution is 7.45. The molecule has 2 heterocycles. The summed E-state index contributed by atoms with van der Waals surface area (Å²) in [7, 11) is -5.28. The number of pyridine rings is 1. The van der Waals surface area contributed by atoms with E-state index in [2.05, 4.69) is 29.6 Å². The van der Waals surface area contributed by atoms with Gasteiger partial charge in [0.05, 0.1) is 36.4 Å². The molecular formula is C52H63FN3O11P. The number of phosphoric acid groups is 1. The van der Waals surface area contributed by atoms with E-state index in [1.165, 1.54) is 34.4 Å². The number of carbonyl (C=O) groups excluding carboxylic acids is 2. The van der Waals surface area contributed by atoms with E-state index in [0.717, 1.165) is 58.2 Å². The lowest BCUT2D eigenvalue weighted by Crippen LogP contribution is -2.69. The molecule has 1 saturated heterocycles. The van der Waals surface area contributed by atoms with Crippen molar-refractivity contribution in [3.8, 4) is 17.5 Å². The smallest absolute Gasteiger partial charge is 0.317 e. The molecule has 8 rings (SSSR count). The monoisotopic (exact) mass is 955 g/mol. The van der Waals surface area contributed by atoms with Crippen LogP contribution < -0.4 is 19.3 Å². The molecule has 4 aliphatic carbocycles. The SMILES string of the molecule is C[C@]12C=CC(=O)C=C1CC[C@H]1[C@@H]3C[C@H]4O[C@@H](c5ccc[n+](-c6cc(C(O)CNCCCCCCOCCCCc7ccccc7)ccc6OP(=O)([O-])O)c5)O[C@@]4(C(=O)CC#N)[C@@]3(C)C[C@H](O)[C@@]12F. The largest absolute Gasteiger partial charge is 0.746 e. The third-order valence-corrected chi connectivity index (χ3v) is 16.0. The molecular weight excluding hydrogens is 893 g/mol. The number of ketones is 2. The van der Waals surface area contributed by atoms with Gasteiger partial charge in [0.15, 0.2) is 47.3 Å². The van der Waals surface area contributed by atoms with Gasteiger partial charge in [0.2, 0.25) is 0 Å². The van der Waals surface area contributed by atoms with Crippen molar-refractivity contribution in [1.82, 2.24) is 5.32 Å². The lowest BCUT2D eigenvalue weighted by atomic mass is 9.44. The van der Waals surface area contributed by atoms with Crippen LogP contribution in [-0.4, -0.2) is 76.5 Å². The highest BCUT2D eigenvalue weighted by Gasteiger charge is 2.79. The van der Waals surface area contributed by atoms with E-state index >= 15 is 4.39 Å². The summed E-state index contributed by atoms with van der Waals surface area (Å²) in [6, 6.07) is 20.1. The second-order valence-corrected chi connectivity index (χ2v) is 20.7. The number of Topliss-reactive ketones (excluding diaryl/α,β-unsaturated/α-hetero) is 1. The molecule has 4 N–H and O–H groups in total. The van der Waals surface area contributed by atoms with Crippen molar-refractivity contribution in [2.75, 3.05) is 26.3 Å². The Balaban J connectivity index is 0.920. The van der Waals surface area contributed by atoms with Crippen LogP contribution in [0.1, 0.15) is 114 Å². The van der Waals surface area contributed by atoms with Gasteiger partial charge in [-0.05, 0) is 113 Å². The zero-order valence-electron chi connectivity index (χ0n) is 38.8. The minimum Gasteiger partial charge on any atom is -0.746 e. The molecule has 3 aromatic rings. The fourth-order valence-corrected chi connectivity index (χ4v) is 12.6. The van der Waals surface area contributed by atoms with Crippen molar-refractivity contribution in [3.05, 3.63) is 114 Å². The number of benzene rings is 2. The van der Waals surface area contributed by atoms with Crippen molar-refractivity contribution in [2.45, 2.75) is 127 Å². The molecule has 3 saturated carbocycles. The summed E-state index contributed by atoms with van der Waals surface area (Å²) in [6.45, 7) is 5.93. The Hall–Kier alpha value is -4.46. The summed E-state index contributed by atoms with van der Waals surface area (Å²) in [6.07, 6.45) is 10.4. The molecule has 0 spiro atoms. The summed E-state index contributed by atoms with van der Waals surface area (Å²) in [5.74, 6) is -2.19. The Kier molecular flexibility index (Phi) is 15.0. The van der Waals surface area contributed by atoms with Gasteiger partial charge < -0.3 is 44.1 Å². The number of ether oxygens (including phenoxy) is 3. The molecule has 5 aliphatic rings. The van der Waals surface area contributed by atoms with E-state index in [1.807, 2.05) is 19.1 Å². The normalized spacial score (nSPS) is 31.6. The molecule has 0 radical (unpaired) electrons. The van der Waals surface area contributed by atoms with Gasteiger partial charge in [0.1, 0.15) is 0 Å². The number of allylic oxidation sites excluding steroid dienone is 4. The lowest BCUT2D eigenvalue weighted by molar-refractivity contribution is -0.597. The average molecular weight is 956 g/mol. The van der Waals surface area contributed by atoms with Gasteiger partial charge in [-0.25, -0.2) is 4.39 Å². The number of rotatable bonds is 21. The van der Waals surface area contributed by atoms with E-state index in [4.69, 9.17) is 18.7 Å². The van der Waals surface area contributed by atoms with E-state index < -0.39 is 78.6 Å².